The van der Waals surface area contributed by atoms with Gasteiger partial charge in [0.05, 0.1) is 4.90 Å². The first-order chi connectivity index (χ1) is 13.0. The molecule has 158 valence electrons. The zero-order chi connectivity index (χ0) is 19.7. The number of allylic oxidation sites excluding steroid dienone is 1. The number of piperidine rings is 1. The summed E-state index contributed by atoms with van der Waals surface area (Å²) in [5, 5.41) is 3.31. The molecule has 6 nitrogen and oxygen atoms in total. The molecule has 0 aliphatic carbocycles. The van der Waals surface area contributed by atoms with Gasteiger partial charge in [-0.15, -0.1) is 30.6 Å². The lowest BCUT2D eigenvalue weighted by molar-refractivity contribution is 0.346. The van der Waals surface area contributed by atoms with Gasteiger partial charge in [-0.05, 0) is 43.4 Å². The second kappa shape index (κ2) is 12.4. The first-order valence-corrected chi connectivity index (χ1v) is 11.0. The molecule has 0 atom stereocenters. The van der Waals surface area contributed by atoms with E-state index in [1.165, 1.54) is 0 Å². The smallest absolute Gasteiger partial charge is 0.243 e. The van der Waals surface area contributed by atoms with Crippen LogP contribution >= 0.6 is 24.0 Å². The Labute approximate surface area is 187 Å². The predicted octanol–water partition coefficient (Wildman–Crippen LogP) is 3.45. The van der Waals surface area contributed by atoms with Crippen molar-refractivity contribution in [3.8, 4) is 0 Å². The molecular weight excluding hydrogens is 487 g/mol. The van der Waals surface area contributed by atoms with Crippen LogP contribution in [0.25, 0.3) is 0 Å². The van der Waals surface area contributed by atoms with E-state index in [1.807, 2.05) is 25.3 Å². The number of aliphatic imine (C=N–C) groups is 1. The summed E-state index contributed by atoms with van der Waals surface area (Å²) in [7, 11) is 0.345. The van der Waals surface area contributed by atoms with Gasteiger partial charge >= 0.3 is 0 Å². The second-order valence-electron chi connectivity index (χ2n) is 6.87. The van der Waals surface area contributed by atoms with Crippen LogP contribution in [0.1, 0.15) is 37.7 Å². The van der Waals surface area contributed by atoms with Crippen molar-refractivity contribution in [2.24, 2.45) is 4.99 Å². The summed E-state index contributed by atoms with van der Waals surface area (Å²) in [5.41, 5.74) is 0.925. The molecule has 8 heteroatoms. The van der Waals surface area contributed by atoms with Crippen LogP contribution < -0.4 is 5.32 Å². The molecule has 28 heavy (non-hydrogen) atoms. The van der Waals surface area contributed by atoms with E-state index in [0.717, 1.165) is 50.2 Å². The van der Waals surface area contributed by atoms with E-state index in [2.05, 4.69) is 21.8 Å². The van der Waals surface area contributed by atoms with Gasteiger partial charge in [0.25, 0.3) is 0 Å². The summed E-state index contributed by atoms with van der Waals surface area (Å²) < 4.78 is 27.3. The third kappa shape index (κ3) is 7.04. The van der Waals surface area contributed by atoms with Crippen LogP contribution in [-0.2, 0) is 16.6 Å². The predicted molar refractivity (Wildman–Crippen MR) is 127 cm³/mol. The molecule has 2 rings (SSSR count). The van der Waals surface area contributed by atoms with Crippen LogP contribution in [0, 0.1) is 0 Å². The summed E-state index contributed by atoms with van der Waals surface area (Å²) in [5.74, 6) is 0.795. The van der Waals surface area contributed by atoms with E-state index in [-0.39, 0.29) is 24.0 Å². The minimum atomic E-state index is -3.40. The number of rotatable bonds is 8. The maximum atomic E-state index is 12.9. The Morgan fingerprint density at radius 1 is 1.32 bits per heavy atom. The highest BCUT2D eigenvalue weighted by Crippen LogP contribution is 2.21. The van der Waals surface area contributed by atoms with Gasteiger partial charge in [0.1, 0.15) is 0 Å². The molecule has 1 aliphatic rings. The maximum absolute atomic E-state index is 12.9. The lowest BCUT2D eigenvalue weighted by Crippen LogP contribution is -2.39. The van der Waals surface area contributed by atoms with Gasteiger partial charge in [-0.25, -0.2) is 8.42 Å². The van der Waals surface area contributed by atoms with E-state index in [4.69, 9.17) is 0 Å². The van der Waals surface area contributed by atoms with E-state index < -0.39 is 10.0 Å². The number of hydrogen-bond donors (Lipinski definition) is 1. The summed E-state index contributed by atoms with van der Waals surface area (Å²) in [4.78, 5) is 6.75. The minimum Gasteiger partial charge on any atom is -0.352 e. The van der Waals surface area contributed by atoms with E-state index in [9.17, 15) is 8.42 Å². The zero-order valence-corrected chi connectivity index (χ0v) is 20.1. The van der Waals surface area contributed by atoms with Crippen LogP contribution in [0.5, 0.6) is 0 Å². The van der Waals surface area contributed by atoms with E-state index in [1.54, 1.807) is 23.5 Å². The summed E-state index contributed by atoms with van der Waals surface area (Å²) in [6.45, 7) is 6.39. The second-order valence-corrected chi connectivity index (χ2v) is 8.80. The maximum Gasteiger partial charge on any atom is 0.243 e. The Balaban J connectivity index is 0.00000392. The number of unbranched alkanes of at least 4 members (excludes halogenated alkanes) is 1. The van der Waals surface area contributed by atoms with Crippen molar-refractivity contribution in [1.29, 1.82) is 0 Å². The number of sulfonamides is 1. The standard InChI is InChI=1S/C20H32N4O2S.HI/c1-4-5-7-13-23(3)20(21-2)22-17-18-11-10-12-19(16-18)27(25,26)24-14-8-6-9-15-24;/h4,10-12,16H,1,5-9,13-15,17H2,2-3H3,(H,21,22);1H. The number of nitrogens with zero attached hydrogens (tertiary/aromatic N) is 3. The molecule has 1 saturated heterocycles. The molecular formula is C20H33IN4O2S. The Kier molecular flexibility index (Phi) is 11.1. The van der Waals surface area contributed by atoms with Crippen LogP contribution in [0.15, 0.2) is 46.8 Å². The normalized spacial score (nSPS) is 15.6. The molecule has 0 bridgehead atoms. The SMILES string of the molecule is C=CCCCN(C)C(=NC)NCc1cccc(S(=O)(=O)N2CCCCC2)c1.I. The topological polar surface area (TPSA) is 65.0 Å². The first kappa shape index (κ1) is 24.9. The first-order valence-electron chi connectivity index (χ1n) is 9.61. The average Bonchev–Trinajstić information content (AvgIpc) is 2.69. The van der Waals surface area contributed by atoms with Crippen molar-refractivity contribution >= 4 is 40.0 Å². The van der Waals surface area contributed by atoms with Crippen molar-refractivity contribution in [1.82, 2.24) is 14.5 Å². The average molecular weight is 520 g/mol. The fourth-order valence-corrected chi connectivity index (χ4v) is 4.80. The van der Waals surface area contributed by atoms with E-state index in [0.29, 0.717) is 24.5 Å². The fraction of sp³-hybridized carbons (Fsp3) is 0.550. The van der Waals surface area contributed by atoms with Gasteiger partial charge in [-0.2, -0.15) is 4.31 Å². The lowest BCUT2D eigenvalue weighted by Gasteiger charge is -2.26. The molecule has 1 aromatic rings. The van der Waals surface area contributed by atoms with Crippen molar-refractivity contribution in [3.05, 3.63) is 42.5 Å². The van der Waals surface area contributed by atoms with Gasteiger partial charge in [-0.3, -0.25) is 4.99 Å². The molecule has 1 fully saturated rings. The third-order valence-electron chi connectivity index (χ3n) is 4.78. The van der Waals surface area contributed by atoms with Gasteiger partial charge < -0.3 is 10.2 Å². The fourth-order valence-electron chi connectivity index (χ4n) is 3.21. The lowest BCUT2D eigenvalue weighted by atomic mass is 10.2. The highest BCUT2D eigenvalue weighted by molar-refractivity contribution is 14.0. The largest absolute Gasteiger partial charge is 0.352 e. The summed E-state index contributed by atoms with van der Waals surface area (Å²) in [6.07, 6.45) is 6.89. The Hall–Kier alpha value is -1.13. The molecule has 0 amide bonds. The van der Waals surface area contributed by atoms with Crippen LogP contribution in [0.3, 0.4) is 0 Å². The van der Waals surface area contributed by atoms with Gasteiger partial charge in [0.15, 0.2) is 5.96 Å². The zero-order valence-electron chi connectivity index (χ0n) is 16.9. The Morgan fingerprint density at radius 3 is 2.68 bits per heavy atom. The van der Waals surface area contributed by atoms with Crippen LogP contribution in [-0.4, -0.2) is 57.3 Å². The minimum absolute atomic E-state index is 0. The molecule has 1 N–H and O–H groups in total. The number of guanidine groups is 1. The Morgan fingerprint density at radius 2 is 2.04 bits per heavy atom. The number of nitrogens with one attached hydrogen (secondary N) is 1. The molecule has 1 heterocycles. The van der Waals surface area contributed by atoms with Crippen LogP contribution in [0.2, 0.25) is 0 Å². The number of hydrogen-bond acceptors (Lipinski definition) is 3. The summed E-state index contributed by atoms with van der Waals surface area (Å²) in [6, 6.07) is 7.20. The summed E-state index contributed by atoms with van der Waals surface area (Å²) >= 11 is 0. The van der Waals surface area contributed by atoms with Crippen molar-refractivity contribution in [2.45, 2.75) is 43.5 Å². The molecule has 1 aromatic carbocycles. The van der Waals surface area contributed by atoms with Crippen molar-refractivity contribution in [2.75, 3.05) is 33.7 Å². The molecule has 1 aliphatic heterocycles. The monoisotopic (exact) mass is 520 g/mol. The van der Waals surface area contributed by atoms with Crippen LogP contribution in [0.4, 0.5) is 0 Å². The van der Waals surface area contributed by atoms with Gasteiger partial charge in [0.2, 0.25) is 10.0 Å². The Bertz CT molecular complexity index is 746. The van der Waals surface area contributed by atoms with Gasteiger partial charge in [-0.1, -0.05) is 24.6 Å². The molecule has 0 radical (unpaired) electrons. The van der Waals surface area contributed by atoms with Gasteiger partial charge in [0, 0.05) is 40.3 Å². The number of benzene rings is 1. The van der Waals surface area contributed by atoms with E-state index >= 15 is 0 Å². The van der Waals surface area contributed by atoms with Crippen molar-refractivity contribution in [3.63, 3.8) is 0 Å². The number of halogens is 1. The quantitative estimate of drug-likeness (QED) is 0.188. The highest BCUT2D eigenvalue weighted by Gasteiger charge is 2.25. The van der Waals surface area contributed by atoms with Crippen molar-refractivity contribution < 1.29 is 8.42 Å². The third-order valence-corrected chi connectivity index (χ3v) is 6.67. The molecule has 0 aromatic heterocycles. The molecule has 0 spiro atoms. The molecule has 0 saturated carbocycles. The molecule has 0 unspecified atom stereocenters. The highest BCUT2D eigenvalue weighted by atomic mass is 127.